The fourth-order valence-corrected chi connectivity index (χ4v) is 4.31. The van der Waals surface area contributed by atoms with E-state index in [1.807, 2.05) is 42.5 Å². The summed E-state index contributed by atoms with van der Waals surface area (Å²) in [6.45, 7) is 0. The number of fused-ring (bicyclic) bond motifs is 1. The number of nitrogens with zero attached hydrogens (tertiary/aromatic N) is 1. The van der Waals surface area contributed by atoms with Crippen molar-refractivity contribution in [1.82, 2.24) is 4.98 Å². The number of hydrogen-bond donors (Lipinski definition) is 1. The molecule has 0 aliphatic rings. The van der Waals surface area contributed by atoms with Crippen LogP contribution in [0.15, 0.2) is 40.2 Å². The van der Waals surface area contributed by atoms with E-state index in [0.717, 1.165) is 29.5 Å². The van der Waals surface area contributed by atoms with Crippen LogP contribution in [0.4, 0.5) is 0 Å². The van der Waals surface area contributed by atoms with Crippen LogP contribution in [0.1, 0.15) is 16.3 Å². The molecule has 0 spiro atoms. The molecule has 2 heterocycles. The predicted molar refractivity (Wildman–Crippen MR) is 91.8 cm³/mol. The number of hydrogen-bond acceptors (Lipinski definition) is 4. The first-order valence-electron chi connectivity index (χ1n) is 6.15. The molecule has 6 heteroatoms. The fraction of sp³-hybridized carbons (Fsp3) is 0.0667. The average Bonchev–Trinajstić information content (AvgIpc) is 3.03. The van der Waals surface area contributed by atoms with Gasteiger partial charge >= 0.3 is 5.97 Å². The van der Waals surface area contributed by atoms with E-state index in [9.17, 15) is 4.79 Å². The molecule has 1 N–H and O–H groups in total. The Morgan fingerprint density at radius 3 is 2.71 bits per heavy atom. The summed E-state index contributed by atoms with van der Waals surface area (Å²) < 4.78 is 2.09. The molecule has 0 amide bonds. The number of halogens is 1. The van der Waals surface area contributed by atoms with Gasteiger partial charge in [-0.15, -0.1) is 22.7 Å². The summed E-state index contributed by atoms with van der Waals surface area (Å²) in [6, 6.07) is 11.7. The zero-order valence-electron chi connectivity index (χ0n) is 10.7. The molecular formula is C15H10BrNO2S2. The average molecular weight is 380 g/mol. The molecule has 0 radical (unpaired) electrons. The molecule has 21 heavy (non-hydrogen) atoms. The fourth-order valence-electron chi connectivity index (χ4n) is 1.94. The van der Waals surface area contributed by atoms with Gasteiger partial charge in [-0.3, -0.25) is 4.79 Å². The van der Waals surface area contributed by atoms with Crippen molar-refractivity contribution >= 4 is 66.4 Å². The Balaban J connectivity index is 2.06. The summed E-state index contributed by atoms with van der Waals surface area (Å²) in [5.74, 6) is -0.851. The van der Waals surface area contributed by atoms with Crippen molar-refractivity contribution in [2.75, 3.05) is 0 Å². The maximum Gasteiger partial charge on any atom is 0.307 e. The van der Waals surface area contributed by atoms with E-state index in [1.54, 1.807) is 11.3 Å². The van der Waals surface area contributed by atoms with Crippen LogP contribution in [0.5, 0.6) is 0 Å². The second kappa shape index (κ2) is 6.09. The largest absolute Gasteiger partial charge is 0.481 e. The lowest BCUT2D eigenvalue weighted by Crippen LogP contribution is -1.96. The van der Waals surface area contributed by atoms with Crippen LogP contribution < -0.4 is 0 Å². The second-order valence-corrected chi connectivity index (χ2v) is 7.89. The van der Waals surface area contributed by atoms with E-state index in [0.29, 0.717) is 0 Å². The van der Waals surface area contributed by atoms with Gasteiger partial charge < -0.3 is 5.11 Å². The number of rotatable bonds is 4. The van der Waals surface area contributed by atoms with E-state index in [-0.39, 0.29) is 6.42 Å². The summed E-state index contributed by atoms with van der Waals surface area (Å²) in [5.41, 5.74) is 1.64. The van der Waals surface area contributed by atoms with E-state index in [1.165, 1.54) is 11.3 Å². The highest BCUT2D eigenvalue weighted by Gasteiger charge is 2.13. The Hall–Kier alpha value is -1.50. The van der Waals surface area contributed by atoms with Gasteiger partial charge in [0.1, 0.15) is 5.01 Å². The normalized spacial score (nSPS) is 12.0. The van der Waals surface area contributed by atoms with Crippen LogP contribution in [0, 0.1) is 0 Å². The molecule has 0 aliphatic heterocycles. The van der Waals surface area contributed by atoms with Crippen LogP contribution in [0.25, 0.3) is 21.9 Å². The maximum atomic E-state index is 11.1. The zero-order valence-corrected chi connectivity index (χ0v) is 14.0. The van der Waals surface area contributed by atoms with Gasteiger partial charge in [-0.1, -0.05) is 12.1 Å². The van der Waals surface area contributed by atoms with Gasteiger partial charge in [0.05, 0.1) is 20.4 Å². The summed E-state index contributed by atoms with van der Waals surface area (Å²) in [4.78, 5) is 16.7. The lowest BCUT2D eigenvalue weighted by Gasteiger charge is -1.99. The van der Waals surface area contributed by atoms with Crippen molar-refractivity contribution in [2.45, 2.75) is 6.42 Å². The lowest BCUT2D eigenvalue weighted by molar-refractivity contribution is -0.135. The van der Waals surface area contributed by atoms with Gasteiger partial charge in [-0.2, -0.15) is 0 Å². The molecule has 106 valence electrons. The highest BCUT2D eigenvalue weighted by molar-refractivity contribution is 9.11. The minimum atomic E-state index is -0.851. The summed E-state index contributed by atoms with van der Waals surface area (Å²) in [7, 11) is 0. The Bertz CT molecular complexity index is 802. The molecule has 0 atom stereocenters. The van der Waals surface area contributed by atoms with E-state index in [4.69, 9.17) is 5.11 Å². The number of carboxylic acid groups (broad SMARTS) is 1. The Labute approximate surface area is 137 Å². The van der Waals surface area contributed by atoms with Gasteiger partial charge in [-0.25, -0.2) is 4.98 Å². The Morgan fingerprint density at radius 2 is 2.05 bits per heavy atom. The molecule has 0 fully saturated rings. The molecule has 3 rings (SSSR count). The number of thiazole rings is 1. The third kappa shape index (κ3) is 3.40. The predicted octanol–water partition coefficient (Wildman–Crippen LogP) is 5.14. The van der Waals surface area contributed by atoms with Crippen molar-refractivity contribution < 1.29 is 9.90 Å². The highest BCUT2D eigenvalue weighted by atomic mass is 79.9. The topological polar surface area (TPSA) is 50.2 Å². The van der Waals surface area contributed by atoms with Crippen molar-refractivity contribution in [2.24, 2.45) is 0 Å². The number of aromatic nitrogens is 1. The number of para-hydroxylation sites is 1. The molecule has 3 nitrogen and oxygen atoms in total. The van der Waals surface area contributed by atoms with Crippen LogP contribution in [0.2, 0.25) is 0 Å². The minimum absolute atomic E-state index is 0.0324. The van der Waals surface area contributed by atoms with Crippen molar-refractivity contribution in [3.05, 3.63) is 50.1 Å². The number of benzene rings is 1. The van der Waals surface area contributed by atoms with Crippen molar-refractivity contribution in [3.8, 4) is 0 Å². The minimum Gasteiger partial charge on any atom is -0.481 e. The maximum absolute atomic E-state index is 11.1. The smallest absolute Gasteiger partial charge is 0.307 e. The van der Waals surface area contributed by atoms with Crippen molar-refractivity contribution in [3.63, 3.8) is 0 Å². The van der Waals surface area contributed by atoms with E-state index >= 15 is 0 Å². The zero-order chi connectivity index (χ0) is 14.8. The molecule has 0 saturated heterocycles. The summed E-state index contributed by atoms with van der Waals surface area (Å²) in [5, 5.41) is 9.90. The number of carboxylic acids is 1. The highest BCUT2D eigenvalue weighted by Crippen LogP contribution is 2.32. The SMILES string of the molecule is O=C(O)C/C(=C\c1ccc(Br)s1)c1nc2ccccc2s1. The van der Waals surface area contributed by atoms with Gasteiger partial charge in [-0.05, 0) is 46.3 Å². The monoisotopic (exact) mass is 379 g/mol. The van der Waals surface area contributed by atoms with E-state index in [2.05, 4.69) is 20.9 Å². The summed E-state index contributed by atoms with van der Waals surface area (Å²) in [6.07, 6.45) is 1.87. The van der Waals surface area contributed by atoms with Gasteiger partial charge in [0.25, 0.3) is 0 Å². The first-order valence-corrected chi connectivity index (χ1v) is 8.58. The van der Waals surface area contributed by atoms with Crippen molar-refractivity contribution in [1.29, 1.82) is 0 Å². The number of thiophene rings is 1. The van der Waals surface area contributed by atoms with Gasteiger partial charge in [0, 0.05) is 10.5 Å². The Morgan fingerprint density at radius 1 is 1.24 bits per heavy atom. The van der Waals surface area contributed by atoms with Gasteiger partial charge in [0.15, 0.2) is 0 Å². The lowest BCUT2D eigenvalue weighted by atomic mass is 10.1. The first kappa shape index (κ1) is 14.4. The summed E-state index contributed by atoms with van der Waals surface area (Å²) >= 11 is 6.51. The molecule has 0 bridgehead atoms. The molecule has 2 aromatic heterocycles. The molecule has 1 aromatic carbocycles. The van der Waals surface area contributed by atoms with E-state index < -0.39 is 5.97 Å². The van der Waals surface area contributed by atoms with Crippen LogP contribution >= 0.6 is 38.6 Å². The van der Waals surface area contributed by atoms with Crippen LogP contribution in [-0.2, 0) is 4.79 Å². The molecule has 0 aliphatic carbocycles. The van der Waals surface area contributed by atoms with Crippen LogP contribution in [-0.4, -0.2) is 16.1 Å². The number of carbonyl (C=O) groups is 1. The number of aliphatic carboxylic acids is 1. The van der Waals surface area contributed by atoms with Gasteiger partial charge in [0.2, 0.25) is 0 Å². The molecule has 0 saturated carbocycles. The quantitative estimate of drug-likeness (QED) is 0.682. The third-order valence-electron chi connectivity index (χ3n) is 2.82. The van der Waals surface area contributed by atoms with Crippen LogP contribution in [0.3, 0.4) is 0 Å². The standard InChI is InChI=1S/C15H10BrNO2S2/c16-13-6-5-10(20-13)7-9(8-14(18)19)15-17-11-3-1-2-4-12(11)21-15/h1-7H,8H2,(H,18,19)/b9-7+. The molecule has 3 aromatic rings. The third-order valence-corrected chi connectivity index (χ3v) is 5.50. The first-order chi connectivity index (χ1) is 10.1. The molecular weight excluding hydrogens is 370 g/mol. The molecule has 0 unspecified atom stereocenters. The Kier molecular flexibility index (Phi) is 4.19. The second-order valence-electron chi connectivity index (χ2n) is 4.37.